The molecular formula is C20H23N5O2. The maximum atomic E-state index is 12.9. The summed E-state index contributed by atoms with van der Waals surface area (Å²) in [6, 6.07) is 7.47. The fourth-order valence-corrected chi connectivity index (χ4v) is 3.56. The summed E-state index contributed by atoms with van der Waals surface area (Å²) in [5.41, 5.74) is 3.18. The summed E-state index contributed by atoms with van der Waals surface area (Å²) in [6.45, 7) is 4.12. The lowest BCUT2D eigenvalue weighted by Crippen LogP contribution is -2.50. The molecule has 0 aliphatic carbocycles. The Kier molecular flexibility index (Phi) is 4.22. The topological polar surface area (TPSA) is 63.4 Å². The van der Waals surface area contributed by atoms with E-state index in [1.54, 1.807) is 0 Å². The minimum atomic E-state index is -0.00739. The molecule has 0 saturated carbocycles. The van der Waals surface area contributed by atoms with E-state index in [4.69, 9.17) is 0 Å². The maximum Gasteiger partial charge on any atom is 0.255 e. The average molecular weight is 365 g/mol. The Hall–Kier alpha value is -3.09. The van der Waals surface area contributed by atoms with Crippen molar-refractivity contribution in [2.75, 3.05) is 26.2 Å². The van der Waals surface area contributed by atoms with E-state index >= 15 is 0 Å². The van der Waals surface area contributed by atoms with E-state index < -0.39 is 0 Å². The SMILES string of the molecule is Cc1nc2cc(C(=O)N3CCN(C(=O)c4ccn(C)c4)CC3)ccc2n1C. The Bertz CT molecular complexity index is 1020. The molecule has 2 aromatic heterocycles. The third kappa shape index (κ3) is 3.09. The van der Waals surface area contributed by atoms with Gasteiger partial charge in [-0.2, -0.15) is 0 Å². The van der Waals surface area contributed by atoms with Crippen LogP contribution in [0, 0.1) is 6.92 Å². The van der Waals surface area contributed by atoms with Gasteiger partial charge in [-0.15, -0.1) is 0 Å². The van der Waals surface area contributed by atoms with E-state index in [-0.39, 0.29) is 11.8 Å². The van der Waals surface area contributed by atoms with Gasteiger partial charge >= 0.3 is 0 Å². The van der Waals surface area contributed by atoms with Gasteiger partial charge in [0.2, 0.25) is 0 Å². The molecule has 0 N–H and O–H groups in total. The van der Waals surface area contributed by atoms with E-state index in [0.29, 0.717) is 37.3 Å². The molecule has 7 nitrogen and oxygen atoms in total. The van der Waals surface area contributed by atoms with E-state index in [1.807, 2.05) is 76.6 Å². The van der Waals surface area contributed by atoms with Crippen LogP contribution in [0.15, 0.2) is 36.7 Å². The van der Waals surface area contributed by atoms with Crippen LogP contribution in [-0.2, 0) is 14.1 Å². The molecule has 0 radical (unpaired) electrons. The Morgan fingerprint density at radius 3 is 2.15 bits per heavy atom. The van der Waals surface area contributed by atoms with Crippen molar-refractivity contribution in [3.63, 3.8) is 0 Å². The zero-order chi connectivity index (χ0) is 19.1. The lowest BCUT2D eigenvalue weighted by molar-refractivity contribution is 0.0535. The highest BCUT2D eigenvalue weighted by molar-refractivity contribution is 5.98. The quantitative estimate of drug-likeness (QED) is 0.696. The Balaban J connectivity index is 1.45. The van der Waals surface area contributed by atoms with Crippen LogP contribution >= 0.6 is 0 Å². The number of imidazole rings is 1. The molecule has 1 aromatic carbocycles. The van der Waals surface area contributed by atoms with Crippen molar-refractivity contribution in [3.8, 4) is 0 Å². The molecule has 2 amide bonds. The largest absolute Gasteiger partial charge is 0.356 e. The normalized spacial score (nSPS) is 14.8. The van der Waals surface area contributed by atoms with Crippen molar-refractivity contribution >= 4 is 22.8 Å². The minimum Gasteiger partial charge on any atom is -0.356 e. The van der Waals surface area contributed by atoms with Crippen molar-refractivity contribution in [1.82, 2.24) is 23.9 Å². The Morgan fingerprint density at radius 2 is 1.56 bits per heavy atom. The second kappa shape index (κ2) is 6.57. The number of amides is 2. The molecule has 1 saturated heterocycles. The van der Waals surface area contributed by atoms with Crippen LogP contribution in [-0.4, -0.2) is 61.9 Å². The average Bonchev–Trinajstić information content (AvgIpc) is 3.24. The molecule has 140 valence electrons. The number of piperazine rings is 1. The van der Waals surface area contributed by atoms with E-state index in [9.17, 15) is 9.59 Å². The monoisotopic (exact) mass is 365 g/mol. The van der Waals surface area contributed by atoms with Crippen LogP contribution in [0.1, 0.15) is 26.5 Å². The first-order valence-electron chi connectivity index (χ1n) is 9.07. The fourth-order valence-electron chi connectivity index (χ4n) is 3.56. The standard InChI is InChI=1S/C20H23N5O2/c1-14-21-17-12-15(4-5-18(17)23(14)3)19(26)24-8-10-25(11-9-24)20(27)16-6-7-22(2)13-16/h4-7,12-13H,8-11H2,1-3H3. The summed E-state index contributed by atoms with van der Waals surface area (Å²) < 4.78 is 3.88. The van der Waals surface area contributed by atoms with Gasteiger partial charge in [-0.3, -0.25) is 9.59 Å². The maximum absolute atomic E-state index is 12.9. The number of aryl methyl sites for hydroxylation is 3. The number of carbonyl (C=O) groups is 2. The molecule has 4 rings (SSSR count). The molecule has 0 bridgehead atoms. The third-order valence-corrected chi connectivity index (χ3v) is 5.28. The van der Waals surface area contributed by atoms with Crippen molar-refractivity contribution in [3.05, 3.63) is 53.6 Å². The Morgan fingerprint density at radius 1 is 0.926 bits per heavy atom. The summed E-state index contributed by atoms with van der Waals surface area (Å²) in [6.07, 6.45) is 3.69. The van der Waals surface area contributed by atoms with Crippen molar-refractivity contribution < 1.29 is 9.59 Å². The molecule has 0 unspecified atom stereocenters. The van der Waals surface area contributed by atoms with E-state index in [0.717, 1.165) is 16.9 Å². The Labute approximate surface area is 157 Å². The van der Waals surface area contributed by atoms with Crippen molar-refractivity contribution in [2.24, 2.45) is 14.1 Å². The number of fused-ring (bicyclic) bond motifs is 1. The van der Waals surface area contributed by atoms with Gasteiger partial charge in [-0.25, -0.2) is 4.98 Å². The highest BCUT2D eigenvalue weighted by atomic mass is 16.2. The minimum absolute atomic E-state index is 0.00739. The summed E-state index contributed by atoms with van der Waals surface area (Å²) in [4.78, 5) is 33.5. The molecule has 27 heavy (non-hydrogen) atoms. The van der Waals surface area contributed by atoms with Gasteiger partial charge < -0.3 is 18.9 Å². The highest BCUT2D eigenvalue weighted by Crippen LogP contribution is 2.18. The summed E-state index contributed by atoms with van der Waals surface area (Å²) in [5.74, 6) is 0.933. The van der Waals surface area contributed by atoms with Gasteiger partial charge in [-0.1, -0.05) is 0 Å². The first kappa shape index (κ1) is 17.3. The molecule has 1 aliphatic heterocycles. The van der Waals surface area contributed by atoms with Crippen LogP contribution in [0.4, 0.5) is 0 Å². The molecule has 1 fully saturated rings. The first-order valence-corrected chi connectivity index (χ1v) is 9.07. The molecule has 3 aromatic rings. The molecule has 1 aliphatic rings. The number of carbonyl (C=O) groups excluding carboxylic acids is 2. The van der Waals surface area contributed by atoms with Crippen LogP contribution in [0.2, 0.25) is 0 Å². The fraction of sp³-hybridized carbons (Fsp3) is 0.350. The zero-order valence-electron chi connectivity index (χ0n) is 15.8. The van der Waals surface area contributed by atoms with Crippen molar-refractivity contribution in [2.45, 2.75) is 6.92 Å². The third-order valence-electron chi connectivity index (χ3n) is 5.28. The lowest BCUT2D eigenvalue weighted by atomic mass is 10.1. The second-order valence-electron chi connectivity index (χ2n) is 7.07. The van der Waals surface area contributed by atoms with Crippen molar-refractivity contribution in [1.29, 1.82) is 0 Å². The van der Waals surface area contributed by atoms with Gasteiger partial charge in [0.05, 0.1) is 16.6 Å². The van der Waals surface area contributed by atoms with E-state index in [1.165, 1.54) is 0 Å². The molecule has 0 spiro atoms. The van der Waals surface area contributed by atoms with Crippen LogP contribution in [0.5, 0.6) is 0 Å². The number of benzene rings is 1. The van der Waals surface area contributed by atoms with E-state index in [2.05, 4.69) is 4.98 Å². The van der Waals surface area contributed by atoms with Gasteiger partial charge in [0.1, 0.15) is 5.82 Å². The van der Waals surface area contributed by atoms with Crippen LogP contribution in [0.25, 0.3) is 11.0 Å². The summed E-state index contributed by atoms with van der Waals surface area (Å²) >= 11 is 0. The highest BCUT2D eigenvalue weighted by Gasteiger charge is 2.26. The van der Waals surface area contributed by atoms with Gasteiger partial charge in [0.25, 0.3) is 11.8 Å². The smallest absolute Gasteiger partial charge is 0.255 e. The summed E-state index contributed by atoms with van der Waals surface area (Å²) in [7, 11) is 3.86. The summed E-state index contributed by atoms with van der Waals surface area (Å²) in [5, 5.41) is 0. The number of hydrogen-bond acceptors (Lipinski definition) is 3. The predicted molar refractivity (Wildman–Crippen MR) is 103 cm³/mol. The second-order valence-corrected chi connectivity index (χ2v) is 7.07. The first-order chi connectivity index (χ1) is 12.9. The van der Waals surface area contributed by atoms with Gasteiger partial charge in [-0.05, 0) is 31.2 Å². The van der Waals surface area contributed by atoms with Gasteiger partial charge in [0.15, 0.2) is 0 Å². The predicted octanol–water partition coefficient (Wildman–Crippen LogP) is 1.82. The molecular weight excluding hydrogens is 342 g/mol. The van der Waals surface area contributed by atoms with Gasteiger partial charge in [0, 0.05) is 58.2 Å². The lowest BCUT2D eigenvalue weighted by Gasteiger charge is -2.34. The number of rotatable bonds is 2. The number of aromatic nitrogens is 3. The zero-order valence-corrected chi connectivity index (χ0v) is 15.8. The number of hydrogen-bond donors (Lipinski definition) is 0. The number of nitrogens with zero attached hydrogens (tertiary/aromatic N) is 5. The molecule has 3 heterocycles. The molecule has 0 atom stereocenters. The van der Waals surface area contributed by atoms with Crippen LogP contribution < -0.4 is 0 Å². The molecule has 7 heteroatoms. The van der Waals surface area contributed by atoms with Crippen LogP contribution in [0.3, 0.4) is 0 Å².